The molecule has 44 valence electrons. The molecule has 0 N–H and O–H groups in total. The summed E-state index contributed by atoms with van der Waals surface area (Å²) < 4.78 is 0.972. The van der Waals surface area contributed by atoms with Gasteiger partial charge in [0.05, 0.1) is 0 Å². The molecule has 2 radical (unpaired) electrons. The summed E-state index contributed by atoms with van der Waals surface area (Å²) in [6, 6.07) is 7.44. The summed E-state index contributed by atoms with van der Waals surface area (Å²) in [6.45, 7) is 0. The normalized spacial score (nSPS) is 9.00. The summed E-state index contributed by atoms with van der Waals surface area (Å²) in [7, 11) is 0. The molecule has 0 saturated heterocycles. The maximum absolute atomic E-state index is 10.2. The van der Waals surface area contributed by atoms with Crippen LogP contribution in [0.15, 0.2) is 24.3 Å². The van der Waals surface area contributed by atoms with Crippen LogP contribution in [0.5, 0.6) is 0 Å². The van der Waals surface area contributed by atoms with E-state index in [2.05, 4.69) is 16.9 Å². The van der Waals surface area contributed by atoms with Crippen molar-refractivity contribution in [3.8, 4) is 0 Å². The van der Waals surface area contributed by atoms with Crippen LogP contribution in [-0.2, 0) is 0 Å². The Morgan fingerprint density at radius 3 is 2.44 bits per heavy atom. The number of hydrogen-bond donors (Lipinski definition) is 0. The van der Waals surface area contributed by atoms with E-state index in [-0.39, 0.29) is 0 Å². The molecule has 0 heterocycles. The van der Waals surface area contributed by atoms with E-state index < -0.39 is 0 Å². The van der Waals surface area contributed by atoms with E-state index in [9.17, 15) is 4.79 Å². The van der Waals surface area contributed by atoms with Crippen LogP contribution in [0.2, 0.25) is 0 Å². The van der Waals surface area contributed by atoms with Crippen LogP contribution in [0.4, 0.5) is 0 Å². The minimum atomic E-state index is 0.748. The zero-order valence-electron chi connectivity index (χ0n) is 4.74. The van der Waals surface area contributed by atoms with Crippen molar-refractivity contribution in [2.45, 2.75) is 0 Å². The van der Waals surface area contributed by atoms with Crippen molar-refractivity contribution in [1.82, 2.24) is 0 Å². The fraction of sp³-hybridized carbons (Fsp3) is 0. The summed E-state index contributed by atoms with van der Waals surface area (Å²) in [5.74, 6) is 0. The van der Waals surface area contributed by atoms with Crippen molar-refractivity contribution in [3.05, 3.63) is 29.8 Å². The molecule has 0 unspecified atom stereocenters. The molecule has 1 nitrogen and oxygen atoms in total. The Kier molecular flexibility index (Phi) is 2.07. The first-order valence-electron chi connectivity index (χ1n) is 2.58. The fourth-order valence-electron chi connectivity index (χ4n) is 0.587. The van der Waals surface area contributed by atoms with Crippen LogP contribution in [0.1, 0.15) is 10.4 Å². The Hall–Kier alpha value is -0.552. The van der Waals surface area contributed by atoms with Gasteiger partial charge in [-0.15, -0.1) is 0 Å². The second-order valence-corrected chi connectivity index (χ2v) is 2.69. The average Bonchev–Trinajstić information content (AvgIpc) is 1.89. The summed E-state index contributed by atoms with van der Waals surface area (Å²) >= 11 is 2.36. The van der Waals surface area contributed by atoms with Gasteiger partial charge in [-0.3, -0.25) is 0 Å². The van der Waals surface area contributed by atoms with E-state index in [4.69, 9.17) is 0 Å². The molecule has 0 aliphatic rings. The first-order chi connectivity index (χ1) is 4.34. The molecule has 0 fully saturated rings. The number of hydrogen-bond acceptors (Lipinski definition) is 1. The Balaban J connectivity index is 3.15. The molecule has 0 aliphatic carbocycles. The predicted molar refractivity (Wildman–Crippen MR) is 37.2 cm³/mol. The molecule has 0 aliphatic heterocycles. The van der Waals surface area contributed by atoms with Gasteiger partial charge in [-0.05, 0) is 0 Å². The number of carbonyl (C=O) groups is 1. The van der Waals surface area contributed by atoms with E-state index >= 15 is 0 Å². The van der Waals surface area contributed by atoms with Crippen LogP contribution in [0, 0.1) is 0 Å². The third-order valence-corrected chi connectivity index (χ3v) is 1.92. The predicted octanol–water partition coefficient (Wildman–Crippen LogP) is 0.293. The number of carbonyl (C=O) groups excluding carboxylic acids is 1. The van der Waals surface area contributed by atoms with Gasteiger partial charge in [0.25, 0.3) is 0 Å². The zero-order valence-corrected chi connectivity index (χ0v) is 6.62. The fourth-order valence-corrected chi connectivity index (χ4v) is 1.03. The van der Waals surface area contributed by atoms with Gasteiger partial charge in [-0.1, -0.05) is 0 Å². The SMILES string of the molecule is O=Cc1ccccc1[As]. The van der Waals surface area contributed by atoms with Gasteiger partial charge in [0.1, 0.15) is 0 Å². The van der Waals surface area contributed by atoms with Crippen molar-refractivity contribution in [2.75, 3.05) is 0 Å². The first kappa shape index (κ1) is 6.57. The van der Waals surface area contributed by atoms with Crippen LogP contribution in [-0.4, -0.2) is 23.1 Å². The van der Waals surface area contributed by atoms with Gasteiger partial charge in [0.2, 0.25) is 0 Å². The van der Waals surface area contributed by atoms with Crippen LogP contribution >= 0.6 is 0 Å². The van der Waals surface area contributed by atoms with Gasteiger partial charge in [0.15, 0.2) is 0 Å². The summed E-state index contributed by atoms with van der Waals surface area (Å²) in [5, 5.41) is 0. The van der Waals surface area contributed by atoms with Crippen molar-refractivity contribution >= 4 is 27.5 Å². The van der Waals surface area contributed by atoms with Gasteiger partial charge >= 0.3 is 62.1 Å². The van der Waals surface area contributed by atoms with Crippen LogP contribution in [0.25, 0.3) is 0 Å². The van der Waals surface area contributed by atoms with Gasteiger partial charge in [-0.25, -0.2) is 0 Å². The monoisotopic (exact) mass is 180 g/mol. The Bertz CT molecular complexity index is 220. The Labute approximate surface area is 62.6 Å². The van der Waals surface area contributed by atoms with E-state index in [1.165, 1.54) is 0 Å². The quantitative estimate of drug-likeness (QED) is 0.448. The second-order valence-electron chi connectivity index (χ2n) is 1.68. The van der Waals surface area contributed by atoms with E-state index in [0.29, 0.717) is 0 Å². The number of benzene rings is 1. The maximum atomic E-state index is 10.2. The van der Waals surface area contributed by atoms with Crippen molar-refractivity contribution in [3.63, 3.8) is 0 Å². The third-order valence-electron chi connectivity index (χ3n) is 1.06. The summed E-state index contributed by atoms with van der Waals surface area (Å²) in [4.78, 5) is 10.2. The van der Waals surface area contributed by atoms with Crippen molar-refractivity contribution < 1.29 is 4.79 Å². The molecule has 0 spiro atoms. The molecule has 1 aromatic carbocycles. The molecule has 0 bridgehead atoms. The van der Waals surface area contributed by atoms with E-state index in [1.54, 1.807) is 6.07 Å². The van der Waals surface area contributed by atoms with E-state index in [0.717, 1.165) is 16.2 Å². The third kappa shape index (κ3) is 1.43. The molecular weight excluding hydrogens is 175 g/mol. The molecule has 0 amide bonds. The van der Waals surface area contributed by atoms with Gasteiger partial charge in [0, 0.05) is 0 Å². The Morgan fingerprint density at radius 2 is 2.00 bits per heavy atom. The summed E-state index contributed by atoms with van der Waals surface area (Å²) in [6.07, 6.45) is 0.855. The molecule has 0 atom stereocenters. The molecule has 1 rings (SSSR count). The average molecular weight is 180 g/mol. The number of aldehydes is 1. The Morgan fingerprint density at radius 1 is 1.33 bits per heavy atom. The molecular formula is C7H5AsO. The summed E-state index contributed by atoms with van der Waals surface area (Å²) in [5.41, 5.74) is 0.748. The minimum absolute atomic E-state index is 0.748. The number of rotatable bonds is 1. The van der Waals surface area contributed by atoms with Crippen molar-refractivity contribution in [2.24, 2.45) is 0 Å². The zero-order chi connectivity index (χ0) is 6.69. The standard InChI is InChI=1S/C7H5AsO/c8-7-4-2-1-3-6(7)5-9/h1-5H. The van der Waals surface area contributed by atoms with Crippen LogP contribution < -0.4 is 4.35 Å². The second kappa shape index (κ2) is 2.84. The molecule has 0 aromatic heterocycles. The molecule has 0 saturated carbocycles. The topological polar surface area (TPSA) is 17.1 Å². The van der Waals surface area contributed by atoms with Crippen LogP contribution in [0.3, 0.4) is 0 Å². The molecule has 1 aromatic rings. The molecule has 2 heteroatoms. The van der Waals surface area contributed by atoms with Gasteiger partial charge < -0.3 is 0 Å². The van der Waals surface area contributed by atoms with E-state index in [1.807, 2.05) is 18.2 Å². The van der Waals surface area contributed by atoms with Crippen molar-refractivity contribution in [1.29, 1.82) is 0 Å². The van der Waals surface area contributed by atoms with Gasteiger partial charge in [-0.2, -0.15) is 0 Å². The first-order valence-corrected chi connectivity index (χ1v) is 3.51. The molecule has 9 heavy (non-hydrogen) atoms.